The zero-order chi connectivity index (χ0) is 18.4. The van der Waals surface area contributed by atoms with Crippen LogP contribution in [0, 0.1) is 6.92 Å². The molecule has 0 saturated carbocycles. The standard InChI is InChI=1S/C19H21N3O3/c1-12-7-9-14(10-8-12)11-17(18(20)24)22-19(25)15-5-3-4-6-16(15)21-13(2)23/h3-10,17H,11H2,1-2H3,(H2,20,24)(H,21,23)(H,22,25)/t17-/m1/s1. The summed E-state index contributed by atoms with van der Waals surface area (Å²) in [4.78, 5) is 35.5. The van der Waals surface area contributed by atoms with Crippen LogP contribution in [0.15, 0.2) is 48.5 Å². The van der Waals surface area contributed by atoms with Gasteiger partial charge in [-0.3, -0.25) is 14.4 Å². The Bertz CT molecular complexity index is 785. The van der Waals surface area contributed by atoms with Crippen molar-refractivity contribution in [1.82, 2.24) is 5.32 Å². The Labute approximate surface area is 146 Å². The number of benzene rings is 2. The summed E-state index contributed by atoms with van der Waals surface area (Å²) in [6.45, 7) is 3.33. The van der Waals surface area contributed by atoms with Gasteiger partial charge in [-0.05, 0) is 24.6 Å². The molecule has 0 unspecified atom stereocenters. The minimum atomic E-state index is -0.847. The Kier molecular flexibility index (Phi) is 5.89. The van der Waals surface area contributed by atoms with Gasteiger partial charge >= 0.3 is 0 Å². The Morgan fingerprint density at radius 2 is 1.68 bits per heavy atom. The molecule has 0 aromatic heterocycles. The third-order valence-electron chi connectivity index (χ3n) is 3.69. The van der Waals surface area contributed by atoms with Crippen LogP contribution in [-0.2, 0) is 16.0 Å². The van der Waals surface area contributed by atoms with Gasteiger partial charge in [-0.2, -0.15) is 0 Å². The van der Waals surface area contributed by atoms with E-state index in [1.165, 1.54) is 6.92 Å². The van der Waals surface area contributed by atoms with Gasteiger partial charge in [0.1, 0.15) is 6.04 Å². The first-order valence-corrected chi connectivity index (χ1v) is 7.89. The molecule has 4 N–H and O–H groups in total. The number of nitrogens with two attached hydrogens (primary N) is 1. The molecule has 0 aliphatic rings. The highest BCUT2D eigenvalue weighted by Crippen LogP contribution is 2.15. The number of primary amides is 1. The van der Waals surface area contributed by atoms with Crippen LogP contribution in [-0.4, -0.2) is 23.8 Å². The maximum atomic E-state index is 12.5. The van der Waals surface area contributed by atoms with E-state index in [1.54, 1.807) is 24.3 Å². The molecular weight excluding hydrogens is 318 g/mol. The lowest BCUT2D eigenvalue weighted by atomic mass is 10.0. The van der Waals surface area contributed by atoms with Crippen molar-refractivity contribution in [2.45, 2.75) is 26.3 Å². The minimum Gasteiger partial charge on any atom is -0.368 e. The van der Waals surface area contributed by atoms with Crippen molar-refractivity contribution in [2.75, 3.05) is 5.32 Å². The van der Waals surface area contributed by atoms with Crippen molar-refractivity contribution in [2.24, 2.45) is 5.73 Å². The van der Waals surface area contributed by atoms with Gasteiger partial charge in [0.15, 0.2) is 0 Å². The largest absolute Gasteiger partial charge is 0.368 e. The number of para-hydroxylation sites is 1. The molecule has 0 radical (unpaired) electrons. The highest BCUT2D eigenvalue weighted by molar-refractivity contribution is 6.04. The second-order valence-corrected chi connectivity index (χ2v) is 5.84. The fraction of sp³-hybridized carbons (Fsp3) is 0.211. The number of aryl methyl sites for hydroxylation is 1. The van der Waals surface area contributed by atoms with Crippen molar-refractivity contribution in [3.63, 3.8) is 0 Å². The summed E-state index contributed by atoms with van der Waals surface area (Å²) in [6, 6.07) is 13.4. The van der Waals surface area contributed by atoms with Crippen molar-refractivity contribution in [3.8, 4) is 0 Å². The second kappa shape index (κ2) is 8.10. The quantitative estimate of drug-likeness (QED) is 0.747. The molecule has 0 aliphatic carbocycles. The average molecular weight is 339 g/mol. The Balaban J connectivity index is 2.17. The normalized spacial score (nSPS) is 11.4. The maximum Gasteiger partial charge on any atom is 0.254 e. The summed E-state index contributed by atoms with van der Waals surface area (Å²) in [5.41, 5.74) is 8.09. The third-order valence-corrected chi connectivity index (χ3v) is 3.69. The second-order valence-electron chi connectivity index (χ2n) is 5.84. The third kappa shape index (κ3) is 5.17. The van der Waals surface area contributed by atoms with Crippen LogP contribution < -0.4 is 16.4 Å². The van der Waals surface area contributed by atoms with Crippen LogP contribution in [0.1, 0.15) is 28.4 Å². The maximum absolute atomic E-state index is 12.5. The minimum absolute atomic E-state index is 0.271. The molecule has 6 nitrogen and oxygen atoms in total. The Hall–Kier alpha value is -3.15. The predicted molar refractivity (Wildman–Crippen MR) is 96.1 cm³/mol. The van der Waals surface area contributed by atoms with Gasteiger partial charge in [0.05, 0.1) is 11.3 Å². The van der Waals surface area contributed by atoms with Crippen LogP contribution in [0.2, 0.25) is 0 Å². The van der Waals surface area contributed by atoms with Gasteiger partial charge in [0.25, 0.3) is 5.91 Å². The number of hydrogen-bond donors (Lipinski definition) is 3. The molecule has 0 bridgehead atoms. The topological polar surface area (TPSA) is 101 Å². The molecule has 0 fully saturated rings. The highest BCUT2D eigenvalue weighted by Gasteiger charge is 2.21. The van der Waals surface area contributed by atoms with E-state index >= 15 is 0 Å². The van der Waals surface area contributed by atoms with E-state index in [1.807, 2.05) is 31.2 Å². The van der Waals surface area contributed by atoms with Crippen molar-refractivity contribution < 1.29 is 14.4 Å². The van der Waals surface area contributed by atoms with E-state index in [9.17, 15) is 14.4 Å². The predicted octanol–water partition coefficient (Wildman–Crippen LogP) is 1.78. The van der Waals surface area contributed by atoms with Crippen LogP contribution in [0.4, 0.5) is 5.69 Å². The van der Waals surface area contributed by atoms with Crippen LogP contribution >= 0.6 is 0 Å². The fourth-order valence-electron chi connectivity index (χ4n) is 2.40. The van der Waals surface area contributed by atoms with Crippen molar-refractivity contribution >= 4 is 23.4 Å². The number of carbonyl (C=O) groups excluding carboxylic acids is 3. The molecule has 2 aromatic rings. The lowest BCUT2D eigenvalue weighted by molar-refractivity contribution is -0.119. The van der Waals surface area contributed by atoms with Gasteiger partial charge < -0.3 is 16.4 Å². The summed E-state index contributed by atoms with van der Waals surface area (Å²) < 4.78 is 0. The molecule has 0 heterocycles. The number of amides is 3. The van der Waals surface area contributed by atoms with Gasteiger partial charge in [0.2, 0.25) is 11.8 Å². The molecule has 6 heteroatoms. The molecule has 130 valence electrons. The number of rotatable bonds is 6. The summed E-state index contributed by atoms with van der Waals surface area (Å²) in [5.74, 6) is -1.38. The zero-order valence-corrected chi connectivity index (χ0v) is 14.2. The van der Waals surface area contributed by atoms with Crippen molar-refractivity contribution in [3.05, 3.63) is 65.2 Å². The zero-order valence-electron chi connectivity index (χ0n) is 14.2. The first-order chi connectivity index (χ1) is 11.9. The number of nitrogens with one attached hydrogen (secondary N) is 2. The molecule has 3 amide bonds. The van der Waals surface area contributed by atoms with E-state index in [-0.39, 0.29) is 11.5 Å². The summed E-state index contributed by atoms with van der Waals surface area (Å²) in [6.07, 6.45) is 0.295. The first kappa shape index (κ1) is 18.2. The van der Waals surface area contributed by atoms with Crippen LogP contribution in [0.5, 0.6) is 0 Å². The lowest BCUT2D eigenvalue weighted by Gasteiger charge is -2.17. The fourth-order valence-corrected chi connectivity index (χ4v) is 2.40. The number of anilines is 1. The van der Waals surface area contributed by atoms with Gasteiger partial charge in [0, 0.05) is 13.3 Å². The van der Waals surface area contributed by atoms with E-state index in [0.29, 0.717) is 12.1 Å². The molecule has 0 aliphatic heterocycles. The number of hydrogen-bond acceptors (Lipinski definition) is 3. The molecule has 1 atom stereocenters. The molecule has 0 spiro atoms. The molecule has 0 saturated heterocycles. The average Bonchev–Trinajstić information content (AvgIpc) is 2.56. The molecule has 25 heavy (non-hydrogen) atoms. The summed E-state index contributed by atoms with van der Waals surface area (Å²) >= 11 is 0. The van der Waals surface area contributed by atoms with Crippen LogP contribution in [0.25, 0.3) is 0 Å². The highest BCUT2D eigenvalue weighted by atomic mass is 16.2. The van der Waals surface area contributed by atoms with E-state index in [2.05, 4.69) is 10.6 Å². The Morgan fingerprint density at radius 1 is 1.04 bits per heavy atom. The number of carbonyl (C=O) groups is 3. The SMILES string of the molecule is CC(=O)Nc1ccccc1C(=O)N[C@H](Cc1ccc(C)cc1)C(N)=O. The monoisotopic (exact) mass is 339 g/mol. The summed E-state index contributed by atoms with van der Waals surface area (Å²) in [7, 11) is 0. The van der Waals surface area contributed by atoms with Crippen molar-refractivity contribution in [1.29, 1.82) is 0 Å². The smallest absolute Gasteiger partial charge is 0.254 e. The lowest BCUT2D eigenvalue weighted by Crippen LogP contribution is -2.46. The molecular formula is C19H21N3O3. The molecule has 2 rings (SSSR count). The molecule has 2 aromatic carbocycles. The Morgan fingerprint density at radius 3 is 2.28 bits per heavy atom. The van der Waals surface area contributed by atoms with Gasteiger partial charge in [-0.1, -0.05) is 42.0 Å². The van der Waals surface area contributed by atoms with E-state index in [4.69, 9.17) is 5.73 Å². The van der Waals surface area contributed by atoms with E-state index < -0.39 is 17.9 Å². The first-order valence-electron chi connectivity index (χ1n) is 7.89. The van der Waals surface area contributed by atoms with E-state index in [0.717, 1.165) is 11.1 Å². The van der Waals surface area contributed by atoms with Gasteiger partial charge in [-0.15, -0.1) is 0 Å². The van der Waals surface area contributed by atoms with Gasteiger partial charge in [-0.25, -0.2) is 0 Å². The summed E-state index contributed by atoms with van der Waals surface area (Å²) in [5, 5.41) is 5.24. The van der Waals surface area contributed by atoms with Crippen LogP contribution in [0.3, 0.4) is 0 Å².